The molecule has 0 aliphatic carbocycles. The fourth-order valence-electron chi connectivity index (χ4n) is 4.72. The first-order valence-electron chi connectivity index (χ1n) is 12.0. The Kier molecular flexibility index (Phi) is 14.6. The highest BCUT2D eigenvalue weighted by Gasteiger charge is 2.57. The second kappa shape index (κ2) is 14.7. The molecule has 0 bridgehead atoms. The summed E-state index contributed by atoms with van der Waals surface area (Å²) in [7, 11) is 0. The Bertz CT molecular complexity index is 384. The van der Waals surface area contributed by atoms with Crippen molar-refractivity contribution < 1.29 is 14.2 Å². The fraction of sp³-hybridized carbons (Fsp3) is 1.00. The molecule has 0 aromatic heterocycles. The zero-order valence-electron chi connectivity index (χ0n) is 20.2. The van der Waals surface area contributed by atoms with Crippen LogP contribution in [0.3, 0.4) is 0 Å². The van der Waals surface area contributed by atoms with Gasteiger partial charge in [0.25, 0.3) is 5.97 Å². The van der Waals surface area contributed by atoms with Crippen molar-refractivity contribution in [1.82, 2.24) is 0 Å². The van der Waals surface area contributed by atoms with E-state index in [-0.39, 0.29) is 5.41 Å². The molecule has 0 spiro atoms. The van der Waals surface area contributed by atoms with Crippen LogP contribution in [0.25, 0.3) is 0 Å². The van der Waals surface area contributed by atoms with Gasteiger partial charge in [0.2, 0.25) is 0 Å². The van der Waals surface area contributed by atoms with Crippen molar-refractivity contribution in [3.05, 3.63) is 0 Å². The summed E-state index contributed by atoms with van der Waals surface area (Å²) in [4.78, 5) is 0. The lowest BCUT2D eigenvalue weighted by atomic mass is 9.64. The molecule has 2 atom stereocenters. The van der Waals surface area contributed by atoms with Gasteiger partial charge in [-0.05, 0) is 52.4 Å². The van der Waals surface area contributed by atoms with Gasteiger partial charge in [-0.15, -0.1) is 0 Å². The summed E-state index contributed by atoms with van der Waals surface area (Å²) >= 11 is 0. The van der Waals surface area contributed by atoms with Crippen molar-refractivity contribution in [2.24, 2.45) is 28.5 Å². The Balaban J connectivity index is 6.00. The van der Waals surface area contributed by atoms with Crippen molar-refractivity contribution in [2.45, 2.75) is 118 Å². The van der Waals surface area contributed by atoms with Crippen LogP contribution in [-0.2, 0) is 14.2 Å². The lowest BCUT2D eigenvalue weighted by Gasteiger charge is -2.53. The normalized spacial score (nSPS) is 16.0. The molecule has 0 amide bonds. The first kappa shape index (κ1) is 28.8. The molecular weight excluding hydrogens is 366 g/mol. The number of nitrogens with two attached hydrogens (primary N) is 3. The second-order valence-electron chi connectivity index (χ2n) is 8.29. The molecular formula is C23H51N3O3. The number of hydrogen-bond acceptors (Lipinski definition) is 6. The third-order valence-corrected chi connectivity index (χ3v) is 6.18. The van der Waals surface area contributed by atoms with E-state index in [1.165, 1.54) is 32.1 Å². The first-order chi connectivity index (χ1) is 13.7. The minimum Gasteiger partial charge on any atom is -0.327 e. The zero-order chi connectivity index (χ0) is 22.4. The average Bonchev–Trinajstić information content (AvgIpc) is 2.66. The minimum atomic E-state index is -1.23. The summed E-state index contributed by atoms with van der Waals surface area (Å²) in [5.41, 5.74) is 17.6. The minimum absolute atomic E-state index is 0.362. The van der Waals surface area contributed by atoms with Gasteiger partial charge in [0.15, 0.2) is 0 Å². The highest BCUT2D eigenvalue weighted by Crippen LogP contribution is 2.52. The molecule has 0 aliphatic rings. The van der Waals surface area contributed by atoms with Crippen LogP contribution >= 0.6 is 0 Å². The molecule has 6 nitrogen and oxygen atoms in total. The van der Waals surface area contributed by atoms with E-state index in [2.05, 4.69) is 20.8 Å². The van der Waals surface area contributed by atoms with Crippen LogP contribution < -0.4 is 17.2 Å². The topological polar surface area (TPSA) is 106 Å². The van der Waals surface area contributed by atoms with Crippen LogP contribution in [-0.4, -0.2) is 31.6 Å². The molecule has 29 heavy (non-hydrogen) atoms. The van der Waals surface area contributed by atoms with Crippen molar-refractivity contribution >= 4 is 0 Å². The summed E-state index contributed by atoms with van der Waals surface area (Å²) < 4.78 is 18.9. The van der Waals surface area contributed by atoms with Gasteiger partial charge in [-0.2, -0.15) is 0 Å². The average molecular weight is 418 g/mol. The fourth-order valence-corrected chi connectivity index (χ4v) is 4.72. The quantitative estimate of drug-likeness (QED) is 0.205. The number of rotatable bonds is 19. The van der Waals surface area contributed by atoms with Gasteiger partial charge in [-0.25, -0.2) is 0 Å². The van der Waals surface area contributed by atoms with E-state index < -0.39 is 11.8 Å². The summed E-state index contributed by atoms with van der Waals surface area (Å²) in [6.07, 6.45) is 10.4. The molecule has 0 radical (unpaired) electrons. The van der Waals surface area contributed by atoms with Gasteiger partial charge in [-0.1, -0.05) is 59.3 Å². The maximum absolute atomic E-state index is 6.29. The second-order valence-corrected chi connectivity index (χ2v) is 8.29. The summed E-state index contributed by atoms with van der Waals surface area (Å²) in [6.45, 7) is 14.2. The van der Waals surface area contributed by atoms with Crippen LogP contribution in [0.1, 0.15) is 106 Å². The Morgan fingerprint density at radius 1 is 0.690 bits per heavy atom. The van der Waals surface area contributed by atoms with Crippen LogP contribution in [0.2, 0.25) is 0 Å². The Morgan fingerprint density at radius 2 is 1.21 bits per heavy atom. The number of ether oxygens (including phenoxy) is 3. The largest absolute Gasteiger partial charge is 0.327 e. The maximum atomic E-state index is 6.29. The maximum Gasteiger partial charge on any atom is 0.289 e. The Labute approximate surface area is 180 Å². The number of unbranched alkanes of at least 4 members (excludes halogenated alkanes) is 4. The third-order valence-electron chi connectivity index (χ3n) is 6.18. The van der Waals surface area contributed by atoms with Crippen LogP contribution in [0.4, 0.5) is 0 Å². The van der Waals surface area contributed by atoms with E-state index in [1.807, 2.05) is 20.8 Å². The van der Waals surface area contributed by atoms with Gasteiger partial charge in [0.1, 0.15) is 5.79 Å². The molecule has 0 fully saturated rings. The summed E-state index contributed by atoms with van der Waals surface area (Å²) in [6, 6.07) is 0. The van der Waals surface area contributed by atoms with Crippen molar-refractivity contribution in [2.75, 3.05) is 19.8 Å². The molecule has 0 rings (SSSR count). The Hall–Kier alpha value is -0.240. The molecule has 0 aliphatic heterocycles. The van der Waals surface area contributed by atoms with E-state index in [0.717, 1.165) is 19.3 Å². The van der Waals surface area contributed by atoms with Crippen LogP contribution in [0.15, 0.2) is 0 Å². The van der Waals surface area contributed by atoms with Crippen LogP contribution in [0.5, 0.6) is 0 Å². The molecule has 176 valence electrons. The third kappa shape index (κ3) is 8.80. The van der Waals surface area contributed by atoms with Gasteiger partial charge in [-0.3, -0.25) is 0 Å². The van der Waals surface area contributed by atoms with E-state index in [4.69, 9.17) is 31.4 Å². The smallest absolute Gasteiger partial charge is 0.289 e. The lowest BCUT2D eigenvalue weighted by molar-refractivity contribution is -0.439. The van der Waals surface area contributed by atoms with Gasteiger partial charge >= 0.3 is 0 Å². The highest BCUT2D eigenvalue weighted by atomic mass is 16.9. The van der Waals surface area contributed by atoms with Crippen molar-refractivity contribution in [3.8, 4) is 0 Å². The van der Waals surface area contributed by atoms with Gasteiger partial charge in [0, 0.05) is 19.8 Å². The van der Waals surface area contributed by atoms with Crippen molar-refractivity contribution in [1.29, 1.82) is 0 Å². The summed E-state index contributed by atoms with van der Waals surface area (Å²) in [5.74, 6) is -1.98. The molecule has 0 aromatic carbocycles. The number of hydrogen-bond donors (Lipinski definition) is 3. The molecule has 0 heterocycles. The van der Waals surface area contributed by atoms with E-state index in [0.29, 0.717) is 38.6 Å². The first-order valence-corrected chi connectivity index (χ1v) is 12.0. The molecule has 0 aromatic rings. The molecule has 0 saturated carbocycles. The zero-order valence-corrected chi connectivity index (χ0v) is 20.2. The van der Waals surface area contributed by atoms with Crippen LogP contribution in [0, 0.1) is 11.3 Å². The van der Waals surface area contributed by atoms with E-state index >= 15 is 0 Å². The molecule has 6 N–H and O–H groups in total. The predicted molar refractivity (Wildman–Crippen MR) is 122 cm³/mol. The molecule has 6 heteroatoms. The highest BCUT2D eigenvalue weighted by molar-refractivity contribution is 4.95. The molecule has 0 saturated heterocycles. The lowest BCUT2D eigenvalue weighted by Crippen LogP contribution is -2.62. The monoisotopic (exact) mass is 417 g/mol. The van der Waals surface area contributed by atoms with Gasteiger partial charge < -0.3 is 31.4 Å². The van der Waals surface area contributed by atoms with Crippen molar-refractivity contribution in [3.63, 3.8) is 0 Å². The Morgan fingerprint density at radius 3 is 1.59 bits per heavy atom. The summed E-state index contributed by atoms with van der Waals surface area (Å²) in [5, 5.41) is 0. The van der Waals surface area contributed by atoms with E-state index in [1.54, 1.807) is 0 Å². The molecule has 2 unspecified atom stereocenters. The van der Waals surface area contributed by atoms with Gasteiger partial charge in [0.05, 0.1) is 5.41 Å². The predicted octanol–water partition coefficient (Wildman–Crippen LogP) is 4.84. The SMILES string of the molecule is CCCCCCCC(CC)C(CC)(CCC(N)(N)N)C(OCC)(OCC)OCC. The standard InChI is InChI=1S/C23H51N3O3/c1-7-13-14-15-16-17-20(8-2)21(9-3,18-19-22(24,25)26)23(27-10-4,28-11-5)29-12-6/h20H,7-19,24-26H2,1-6H3. The van der Waals surface area contributed by atoms with E-state index in [9.17, 15) is 0 Å².